The number of halogens is 2. The molecule has 4 aromatic rings. The van der Waals surface area contributed by atoms with E-state index in [9.17, 15) is 20.0 Å². The lowest BCUT2D eigenvalue weighted by atomic mass is 9.86. The van der Waals surface area contributed by atoms with Crippen molar-refractivity contribution in [2.24, 2.45) is 0 Å². The summed E-state index contributed by atoms with van der Waals surface area (Å²) in [4.78, 5) is 41.4. The zero-order valence-electron chi connectivity index (χ0n) is 33.4. The van der Waals surface area contributed by atoms with Crippen molar-refractivity contribution < 1.29 is 42.4 Å². The average Bonchev–Trinajstić information content (AvgIpc) is 3.89. The highest BCUT2D eigenvalue weighted by molar-refractivity contribution is 7.23. The molecule has 14 nitrogen and oxygen atoms in total. The van der Waals surface area contributed by atoms with Crippen molar-refractivity contribution in [2.45, 2.75) is 103 Å². The van der Waals surface area contributed by atoms with E-state index in [0.717, 1.165) is 37.1 Å². The van der Waals surface area contributed by atoms with Gasteiger partial charge in [0.15, 0.2) is 5.82 Å². The molecule has 3 saturated heterocycles. The second kappa shape index (κ2) is 15.0. The number of nitrogens with one attached hydrogen (secondary N) is 1. The highest BCUT2D eigenvalue weighted by Gasteiger charge is 2.49. The summed E-state index contributed by atoms with van der Waals surface area (Å²) in [5.74, 6) is -1.17. The van der Waals surface area contributed by atoms with Gasteiger partial charge in [-0.1, -0.05) is 0 Å². The van der Waals surface area contributed by atoms with Crippen molar-refractivity contribution in [2.75, 3.05) is 49.6 Å². The fourth-order valence-corrected chi connectivity index (χ4v) is 9.66. The minimum atomic E-state index is -0.834. The number of benzene rings is 2. The van der Waals surface area contributed by atoms with E-state index in [1.165, 1.54) is 12.1 Å². The number of aliphatic hydroxyl groups is 1. The van der Waals surface area contributed by atoms with Gasteiger partial charge in [-0.25, -0.2) is 18.4 Å². The molecule has 58 heavy (non-hydrogen) atoms. The maximum atomic E-state index is 17.8. The molecule has 0 spiro atoms. The fraction of sp³-hybridized carbons (Fsp3) is 0.537. The lowest BCUT2D eigenvalue weighted by Crippen LogP contribution is -2.70. The number of ether oxygens (including phenoxy) is 4. The predicted molar refractivity (Wildman–Crippen MR) is 213 cm³/mol. The number of nitrogens with zero attached hydrogens (tertiary/aromatic N) is 6. The van der Waals surface area contributed by atoms with Gasteiger partial charge in [0.1, 0.15) is 46.0 Å². The van der Waals surface area contributed by atoms with Gasteiger partial charge < -0.3 is 33.9 Å². The number of piperazine rings is 1. The summed E-state index contributed by atoms with van der Waals surface area (Å²) in [6.07, 6.45) is 1.37. The van der Waals surface area contributed by atoms with Crippen molar-refractivity contribution in [1.82, 2.24) is 19.8 Å². The number of piperidine rings is 1. The number of fused-ring (bicyclic) bond motifs is 6. The highest BCUT2D eigenvalue weighted by Crippen LogP contribution is 2.50. The number of carbonyl (C=O) groups excluding carboxylic acids is 2. The summed E-state index contributed by atoms with van der Waals surface area (Å²) < 4.78 is 58.0. The third kappa shape index (κ3) is 7.35. The Bertz CT molecular complexity index is 2340. The Kier molecular flexibility index (Phi) is 10.4. The van der Waals surface area contributed by atoms with Crippen LogP contribution in [-0.2, 0) is 27.4 Å². The molecule has 6 heterocycles. The van der Waals surface area contributed by atoms with Crippen LogP contribution >= 0.6 is 11.3 Å². The van der Waals surface area contributed by atoms with Crippen molar-refractivity contribution in [3.63, 3.8) is 0 Å². The number of likely N-dealkylation sites (tertiary alicyclic amines) is 2. The molecular formula is C41H47F2N7O7S. The summed E-state index contributed by atoms with van der Waals surface area (Å²) in [6, 6.07) is 4.44. The van der Waals surface area contributed by atoms with Crippen LogP contribution in [0.2, 0.25) is 0 Å². The van der Waals surface area contributed by atoms with Crippen LogP contribution in [-0.4, -0.2) is 106 Å². The molecule has 3 fully saturated rings. The standard InChI is InChI=1S/C41H47F2N7O7S/c1-40(2,3)56-38(52)47-36-24(15-44)29-28(58-36)10-9-27(42)32(29)30-25-19-54-20-26(25)31-34(33(30)43)45-37(55-18-21-8-7-11-48(21)12-13-51)46-35(31)50-22-14-23(50)17-49(16-22)39(53)57-41(4,5)6/h9-10,21-23,51H,7-8,11-14,16-20H2,1-6H3,(H,47,52)/t21-,22?,23?/m0/s1. The van der Waals surface area contributed by atoms with Crippen LogP contribution in [0.1, 0.15) is 77.5 Å². The second-order valence-electron chi connectivity index (χ2n) is 17.2. The summed E-state index contributed by atoms with van der Waals surface area (Å²) >= 11 is 1.06. The number of hydrogen-bond donors (Lipinski definition) is 2. The molecule has 2 unspecified atom stereocenters. The van der Waals surface area contributed by atoms with E-state index in [1.807, 2.05) is 20.8 Å². The van der Waals surface area contributed by atoms with Gasteiger partial charge in [0.05, 0.1) is 42.9 Å². The zero-order valence-corrected chi connectivity index (χ0v) is 34.2. The molecule has 8 rings (SSSR count). The van der Waals surface area contributed by atoms with Crippen molar-refractivity contribution >= 4 is 55.3 Å². The molecule has 17 heteroatoms. The minimum Gasteiger partial charge on any atom is -0.462 e. The largest absolute Gasteiger partial charge is 0.462 e. The van der Waals surface area contributed by atoms with Crippen LogP contribution < -0.4 is 15.0 Å². The van der Waals surface area contributed by atoms with E-state index in [-0.39, 0.29) is 83.2 Å². The molecule has 308 valence electrons. The number of rotatable bonds is 8. The molecule has 4 aliphatic heterocycles. The first kappa shape index (κ1) is 39.9. The van der Waals surface area contributed by atoms with Gasteiger partial charge >= 0.3 is 18.2 Å². The number of nitriles is 1. The van der Waals surface area contributed by atoms with Gasteiger partial charge in [0.25, 0.3) is 0 Å². The van der Waals surface area contributed by atoms with Crippen LogP contribution in [0.25, 0.3) is 32.1 Å². The molecule has 0 radical (unpaired) electrons. The Balaban J connectivity index is 1.27. The second-order valence-corrected chi connectivity index (χ2v) is 18.3. The molecule has 0 aliphatic carbocycles. The maximum absolute atomic E-state index is 17.8. The lowest BCUT2D eigenvalue weighted by Gasteiger charge is -2.56. The summed E-state index contributed by atoms with van der Waals surface area (Å²) in [5.41, 5.74) is -0.858. The molecule has 2 aromatic heterocycles. The monoisotopic (exact) mass is 819 g/mol. The number of carbonyl (C=O) groups is 2. The lowest BCUT2D eigenvalue weighted by molar-refractivity contribution is 0.00842. The third-order valence-electron chi connectivity index (χ3n) is 10.9. The van der Waals surface area contributed by atoms with Crippen LogP contribution in [0.4, 0.5) is 29.2 Å². The van der Waals surface area contributed by atoms with E-state index in [1.54, 1.807) is 25.7 Å². The molecule has 3 atom stereocenters. The van der Waals surface area contributed by atoms with E-state index in [2.05, 4.69) is 26.2 Å². The molecule has 2 N–H and O–H groups in total. The first-order chi connectivity index (χ1) is 27.5. The number of amides is 2. The number of hydrogen-bond acceptors (Lipinski definition) is 13. The molecule has 0 saturated carbocycles. The van der Waals surface area contributed by atoms with Gasteiger partial charge in [-0.15, -0.1) is 11.3 Å². The maximum Gasteiger partial charge on any atom is 0.412 e. The topological polar surface area (TPSA) is 163 Å². The molecular weight excluding hydrogens is 773 g/mol. The first-order valence-electron chi connectivity index (χ1n) is 19.6. The van der Waals surface area contributed by atoms with Gasteiger partial charge in [-0.05, 0) is 90.6 Å². The molecule has 2 aromatic carbocycles. The average molecular weight is 820 g/mol. The van der Waals surface area contributed by atoms with Crippen molar-refractivity contribution in [3.05, 3.63) is 40.5 Å². The van der Waals surface area contributed by atoms with E-state index >= 15 is 8.78 Å². The molecule has 4 aliphatic rings. The fourth-order valence-electron chi connectivity index (χ4n) is 8.61. The number of anilines is 2. The van der Waals surface area contributed by atoms with Crippen LogP contribution in [0.15, 0.2) is 12.1 Å². The Labute approximate surface area is 338 Å². The molecule has 2 amide bonds. The van der Waals surface area contributed by atoms with Gasteiger partial charge in [0.2, 0.25) is 0 Å². The summed E-state index contributed by atoms with van der Waals surface area (Å²) in [5, 5.41) is 23.4. The summed E-state index contributed by atoms with van der Waals surface area (Å²) in [6.45, 7) is 12.9. The van der Waals surface area contributed by atoms with Gasteiger partial charge in [-0.3, -0.25) is 10.2 Å². The predicted octanol–water partition coefficient (Wildman–Crippen LogP) is 7.07. The Morgan fingerprint density at radius 3 is 2.45 bits per heavy atom. The highest BCUT2D eigenvalue weighted by atomic mass is 32.1. The van der Waals surface area contributed by atoms with E-state index in [4.69, 9.17) is 23.9 Å². The van der Waals surface area contributed by atoms with Crippen LogP contribution in [0, 0.1) is 23.0 Å². The SMILES string of the molecule is CC(C)(C)OC(=O)Nc1sc2ccc(F)c(-c3c4c(c5c(N6C7CC6CN(C(=O)OC(C)(C)C)C7)nc(OC[C@@H]6CCCN6CCO)nc5c3F)COC4)c2c1C#N. The van der Waals surface area contributed by atoms with E-state index < -0.39 is 35.0 Å². The first-order valence-corrected chi connectivity index (χ1v) is 20.4. The summed E-state index contributed by atoms with van der Waals surface area (Å²) in [7, 11) is 0. The minimum absolute atomic E-state index is 0.00581. The third-order valence-corrected chi connectivity index (χ3v) is 12.0. The normalized spacial score (nSPS) is 20.6. The van der Waals surface area contributed by atoms with Crippen molar-refractivity contribution in [1.29, 1.82) is 5.26 Å². The van der Waals surface area contributed by atoms with Crippen molar-refractivity contribution in [3.8, 4) is 23.2 Å². The molecule has 2 bridgehead atoms. The van der Waals surface area contributed by atoms with Crippen LogP contribution in [0.3, 0.4) is 0 Å². The number of aliphatic hydroxyl groups excluding tert-OH is 1. The quantitative estimate of drug-likeness (QED) is 0.186. The van der Waals surface area contributed by atoms with E-state index in [0.29, 0.717) is 46.7 Å². The Morgan fingerprint density at radius 2 is 1.76 bits per heavy atom. The number of thiophene rings is 1. The number of β-amino-alcohol motifs (C(OH)–C–C–N with tert-alkyl or cyclic N) is 1. The Morgan fingerprint density at radius 1 is 1.03 bits per heavy atom. The van der Waals surface area contributed by atoms with Gasteiger partial charge in [0, 0.05) is 46.9 Å². The Hall–Kier alpha value is -4.89. The van der Waals surface area contributed by atoms with Gasteiger partial charge in [-0.2, -0.15) is 15.2 Å². The smallest absolute Gasteiger partial charge is 0.412 e. The number of aromatic nitrogens is 2. The van der Waals surface area contributed by atoms with Crippen LogP contribution in [0.5, 0.6) is 6.01 Å². The zero-order chi connectivity index (χ0) is 41.3.